The number of thiophene rings is 1. The molecule has 0 aliphatic carbocycles. The zero-order valence-electron chi connectivity index (χ0n) is 29.5. The van der Waals surface area contributed by atoms with Crippen LogP contribution in [0.2, 0.25) is 5.02 Å². The first-order valence-corrected chi connectivity index (χ1v) is 18.5. The Labute approximate surface area is 318 Å². The summed E-state index contributed by atoms with van der Waals surface area (Å²) in [7, 11) is 0. The summed E-state index contributed by atoms with van der Waals surface area (Å²) in [4.78, 5) is 83.3. The van der Waals surface area contributed by atoms with E-state index >= 15 is 0 Å². The van der Waals surface area contributed by atoms with E-state index in [9.17, 15) is 28.8 Å². The topological polar surface area (TPSA) is 194 Å². The monoisotopic (exact) mass is 770 g/mol. The molecule has 1 fully saturated rings. The molecular formula is C37H35ClN8O7S. The molecule has 2 aromatic carbocycles. The summed E-state index contributed by atoms with van der Waals surface area (Å²) in [5.41, 5.74) is 3.68. The van der Waals surface area contributed by atoms with Gasteiger partial charge in [-0.2, -0.15) is 0 Å². The predicted octanol–water partition coefficient (Wildman–Crippen LogP) is 3.29. The maximum absolute atomic E-state index is 13.3. The molecule has 0 bridgehead atoms. The number of hydrogen-bond donors (Lipinski definition) is 3. The molecule has 0 radical (unpaired) electrons. The number of ether oxygens (including phenoxy) is 1. The van der Waals surface area contributed by atoms with E-state index in [4.69, 9.17) is 21.3 Å². The first-order chi connectivity index (χ1) is 25.9. The summed E-state index contributed by atoms with van der Waals surface area (Å²) in [6.07, 6.45) is 0.456. The smallest absolute Gasteiger partial charge is 0.266 e. The molecule has 54 heavy (non-hydrogen) atoms. The summed E-state index contributed by atoms with van der Waals surface area (Å²) in [6.45, 7) is 6.06. The summed E-state index contributed by atoms with van der Waals surface area (Å²) >= 11 is 7.83. The van der Waals surface area contributed by atoms with E-state index in [2.05, 4.69) is 40.0 Å². The molecule has 2 aromatic heterocycles. The molecule has 1 saturated heterocycles. The number of nitrogens with one attached hydrogen (secondary N) is 3. The van der Waals surface area contributed by atoms with Crippen molar-refractivity contribution in [3.8, 4) is 10.8 Å². The van der Waals surface area contributed by atoms with Gasteiger partial charge >= 0.3 is 0 Å². The summed E-state index contributed by atoms with van der Waals surface area (Å²) in [6, 6.07) is 10.1. The minimum Gasteiger partial charge on any atom is -0.483 e. The molecule has 15 nitrogen and oxygen atoms in total. The van der Waals surface area contributed by atoms with Gasteiger partial charge in [-0.25, -0.2) is 0 Å². The number of rotatable bonds is 11. The number of hydrogen-bond acceptors (Lipinski definition) is 11. The van der Waals surface area contributed by atoms with E-state index in [1.54, 1.807) is 11.3 Å². The predicted molar refractivity (Wildman–Crippen MR) is 197 cm³/mol. The highest BCUT2D eigenvalue weighted by Crippen LogP contribution is 2.40. The van der Waals surface area contributed by atoms with Crippen molar-refractivity contribution in [3.05, 3.63) is 91.8 Å². The number of piperidine rings is 1. The van der Waals surface area contributed by atoms with Crippen LogP contribution in [-0.2, 0) is 19.2 Å². The summed E-state index contributed by atoms with van der Waals surface area (Å²) < 4.78 is 7.62. The highest BCUT2D eigenvalue weighted by atomic mass is 35.5. The number of aromatic nitrogens is 3. The van der Waals surface area contributed by atoms with Crippen molar-refractivity contribution in [1.82, 2.24) is 35.6 Å². The molecule has 3 N–H and O–H groups in total. The van der Waals surface area contributed by atoms with Crippen LogP contribution in [0.4, 0.5) is 0 Å². The average molecular weight is 771 g/mol. The number of benzene rings is 2. The van der Waals surface area contributed by atoms with Crippen LogP contribution in [0.5, 0.6) is 5.75 Å². The fraction of sp³-hybridized carbons (Fsp3) is 0.324. The maximum Gasteiger partial charge on any atom is 0.266 e. The second kappa shape index (κ2) is 14.9. The van der Waals surface area contributed by atoms with Gasteiger partial charge in [0.2, 0.25) is 17.7 Å². The largest absolute Gasteiger partial charge is 0.483 e. The van der Waals surface area contributed by atoms with Gasteiger partial charge in [0.15, 0.2) is 12.4 Å². The molecule has 3 aliphatic heterocycles. The Bertz CT molecular complexity index is 2260. The molecule has 1 unspecified atom stereocenters. The number of fused-ring (bicyclic) bond motifs is 4. The maximum atomic E-state index is 13.3. The number of aliphatic imine (C=N–C) groups is 1. The first kappa shape index (κ1) is 36.6. The van der Waals surface area contributed by atoms with Crippen molar-refractivity contribution < 1.29 is 33.5 Å². The summed E-state index contributed by atoms with van der Waals surface area (Å²) in [5.74, 6) is -2.04. The van der Waals surface area contributed by atoms with Gasteiger partial charge < -0.3 is 15.4 Å². The minimum atomic E-state index is -1.12. The van der Waals surface area contributed by atoms with Crippen LogP contribution in [0, 0.1) is 20.8 Å². The van der Waals surface area contributed by atoms with Crippen LogP contribution in [0.1, 0.15) is 85.7 Å². The van der Waals surface area contributed by atoms with Crippen LogP contribution in [0.15, 0.2) is 47.5 Å². The van der Waals surface area contributed by atoms with Crippen LogP contribution >= 0.6 is 22.9 Å². The Kier molecular flexibility index (Phi) is 10.1. The number of nitrogens with zero attached hydrogens (tertiary/aromatic N) is 5. The number of amides is 6. The van der Waals surface area contributed by atoms with E-state index in [0.717, 1.165) is 37.2 Å². The number of carbonyl (C=O) groups is 6. The third-order valence-corrected chi connectivity index (χ3v) is 11.0. The molecular weight excluding hydrogens is 736 g/mol. The normalized spacial score (nSPS) is 17.6. The SMILES string of the molecule is Cc1sc2c(c1C)C(c1ccc(Cl)cc1)=N[C@@H](CC(=O)NCCCNC(=O)COc1cccc3c1C(=O)N(C1CCC(=O)NC1=O)C3=O)c1nnc(C)n1-2. The van der Waals surface area contributed by atoms with Crippen molar-refractivity contribution in [3.63, 3.8) is 0 Å². The molecule has 0 saturated carbocycles. The number of aryl methyl sites for hydroxylation is 2. The Balaban J connectivity index is 0.936. The molecule has 6 amide bonds. The third kappa shape index (κ3) is 6.89. The van der Waals surface area contributed by atoms with E-state index in [0.29, 0.717) is 23.1 Å². The molecule has 3 aliphatic rings. The number of carbonyl (C=O) groups excluding carboxylic acids is 6. The van der Waals surface area contributed by atoms with Crippen molar-refractivity contribution in [2.45, 2.75) is 58.5 Å². The van der Waals surface area contributed by atoms with Crippen molar-refractivity contribution in [1.29, 1.82) is 0 Å². The second-order valence-electron chi connectivity index (χ2n) is 13.1. The van der Waals surface area contributed by atoms with Gasteiger partial charge in [0.25, 0.3) is 17.7 Å². The molecule has 0 spiro atoms. The van der Waals surface area contributed by atoms with Crippen molar-refractivity contribution in [2.75, 3.05) is 19.7 Å². The lowest BCUT2D eigenvalue weighted by atomic mass is 9.99. The highest BCUT2D eigenvalue weighted by molar-refractivity contribution is 7.15. The van der Waals surface area contributed by atoms with Gasteiger partial charge in [0.05, 0.1) is 23.3 Å². The molecule has 7 rings (SSSR count). The van der Waals surface area contributed by atoms with Crippen LogP contribution in [0.25, 0.3) is 5.00 Å². The number of imide groups is 2. The third-order valence-electron chi connectivity index (χ3n) is 9.52. The first-order valence-electron chi connectivity index (χ1n) is 17.3. The lowest BCUT2D eigenvalue weighted by Gasteiger charge is -2.27. The fourth-order valence-electron chi connectivity index (χ4n) is 6.72. The Morgan fingerprint density at radius 3 is 2.44 bits per heavy atom. The van der Waals surface area contributed by atoms with Crippen LogP contribution in [-0.4, -0.2) is 86.6 Å². The lowest BCUT2D eigenvalue weighted by molar-refractivity contribution is -0.136. The van der Waals surface area contributed by atoms with E-state index < -0.39 is 48.2 Å². The van der Waals surface area contributed by atoms with E-state index in [-0.39, 0.29) is 55.1 Å². The highest BCUT2D eigenvalue weighted by Gasteiger charge is 2.46. The Morgan fingerprint density at radius 1 is 0.963 bits per heavy atom. The minimum absolute atomic E-state index is 0.00223. The van der Waals surface area contributed by atoms with Crippen molar-refractivity contribution >= 4 is 64.1 Å². The average Bonchev–Trinajstić information content (AvgIpc) is 3.72. The molecule has 17 heteroatoms. The number of halogens is 1. The molecule has 5 heterocycles. The van der Waals surface area contributed by atoms with Gasteiger partial charge in [-0.3, -0.25) is 48.5 Å². The van der Waals surface area contributed by atoms with Gasteiger partial charge in [0, 0.05) is 40.5 Å². The van der Waals surface area contributed by atoms with Gasteiger partial charge in [0.1, 0.15) is 28.7 Å². The Morgan fingerprint density at radius 2 is 1.70 bits per heavy atom. The van der Waals surface area contributed by atoms with Gasteiger partial charge in [-0.05, 0) is 63.4 Å². The van der Waals surface area contributed by atoms with Gasteiger partial charge in [-0.1, -0.05) is 29.8 Å². The standard InChI is InChI=1S/C37H35ClN8O7S/c1-18-19(2)54-37-30(18)32(21-8-10-22(38)11-9-21)41-24(33-44-43-20(3)45(33)37)16-28(48)39-14-5-15-40-29(49)17-53-26-7-4-6-23-31(26)36(52)46(35(23)51)25-12-13-27(47)42-34(25)50/h4,6-11,24-25H,5,12-17H2,1-3H3,(H,39,48)(H,40,49)(H,42,47,50)/t24-,25?/m0/s1. The zero-order chi connectivity index (χ0) is 38.3. The van der Waals surface area contributed by atoms with E-state index in [1.165, 1.54) is 18.2 Å². The van der Waals surface area contributed by atoms with Crippen molar-refractivity contribution in [2.24, 2.45) is 4.99 Å². The molecule has 4 aromatic rings. The van der Waals surface area contributed by atoms with Crippen LogP contribution in [0.3, 0.4) is 0 Å². The molecule has 278 valence electrons. The lowest BCUT2D eigenvalue weighted by Crippen LogP contribution is -2.54. The fourth-order valence-corrected chi connectivity index (χ4v) is 8.06. The Hall–Kier alpha value is -5.74. The summed E-state index contributed by atoms with van der Waals surface area (Å²) in [5, 5.41) is 18.1. The van der Waals surface area contributed by atoms with Gasteiger partial charge in [-0.15, -0.1) is 21.5 Å². The second-order valence-corrected chi connectivity index (χ2v) is 14.7. The zero-order valence-corrected chi connectivity index (χ0v) is 31.1. The quantitative estimate of drug-likeness (QED) is 0.152. The van der Waals surface area contributed by atoms with E-state index in [1.807, 2.05) is 35.8 Å². The molecule has 2 atom stereocenters. The van der Waals surface area contributed by atoms with Crippen LogP contribution < -0.4 is 20.7 Å².